The molecule has 6 heteroatoms. The second kappa shape index (κ2) is 7.38. The molecule has 0 aromatic heterocycles. The highest BCUT2D eigenvalue weighted by molar-refractivity contribution is 8.26. The highest BCUT2D eigenvalue weighted by Crippen LogP contribution is 2.32. The number of hydrogen-bond acceptors (Lipinski definition) is 5. The Bertz CT molecular complexity index is 584. The molecular formula is C15H15NO3S2. The zero-order chi connectivity index (χ0) is 15.2. The summed E-state index contributed by atoms with van der Waals surface area (Å²) in [5.41, 5.74) is 0.965. The van der Waals surface area contributed by atoms with Gasteiger partial charge in [-0.15, -0.1) is 0 Å². The van der Waals surface area contributed by atoms with Crippen LogP contribution < -0.4 is 0 Å². The number of carbonyl (C=O) groups excluding carboxylic acids is 2. The number of rotatable bonds is 5. The molecular weight excluding hydrogens is 306 g/mol. The monoisotopic (exact) mass is 321 g/mol. The maximum atomic E-state index is 12.3. The minimum Gasteiger partial charge on any atom is -0.469 e. The summed E-state index contributed by atoms with van der Waals surface area (Å²) in [6.45, 7) is 0.436. The lowest BCUT2D eigenvalue weighted by Crippen LogP contribution is -2.29. The summed E-state index contributed by atoms with van der Waals surface area (Å²) in [7, 11) is 1.35. The van der Waals surface area contributed by atoms with Gasteiger partial charge in [-0.3, -0.25) is 14.5 Å². The Morgan fingerprint density at radius 2 is 2.10 bits per heavy atom. The Labute approximate surface area is 133 Å². The quantitative estimate of drug-likeness (QED) is 0.474. The van der Waals surface area contributed by atoms with Gasteiger partial charge in [-0.1, -0.05) is 54.3 Å². The predicted molar refractivity (Wildman–Crippen MR) is 87.6 cm³/mol. The van der Waals surface area contributed by atoms with Crippen LogP contribution in [0, 0.1) is 0 Å². The van der Waals surface area contributed by atoms with Gasteiger partial charge in [0.2, 0.25) is 0 Å². The van der Waals surface area contributed by atoms with Crippen LogP contribution in [0.3, 0.4) is 0 Å². The Balaban J connectivity index is 2.00. The standard InChI is InChI=1S/C15H15NO3S2/c1-19-13(17)8-5-9-16-14(18)12(21-15(16)20)10-11-6-3-2-4-7-11/h2-4,6-7,10H,5,8-9H2,1H3/b12-10-. The molecule has 1 fully saturated rings. The predicted octanol–water partition coefficient (Wildman–Crippen LogP) is 2.84. The average Bonchev–Trinajstić information content (AvgIpc) is 2.75. The third kappa shape index (κ3) is 4.15. The maximum Gasteiger partial charge on any atom is 0.305 e. The number of hydrogen-bond donors (Lipinski definition) is 0. The summed E-state index contributed by atoms with van der Waals surface area (Å²) in [4.78, 5) is 25.5. The van der Waals surface area contributed by atoms with Gasteiger partial charge in [0.15, 0.2) is 0 Å². The normalized spacial score (nSPS) is 16.6. The van der Waals surface area contributed by atoms with Gasteiger partial charge < -0.3 is 4.74 Å². The third-order valence-electron chi connectivity index (χ3n) is 2.96. The topological polar surface area (TPSA) is 46.6 Å². The highest BCUT2D eigenvalue weighted by atomic mass is 32.2. The lowest BCUT2D eigenvalue weighted by atomic mass is 10.2. The smallest absolute Gasteiger partial charge is 0.305 e. The van der Waals surface area contributed by atoms with Crippen LogP contribution >= 0.6 is 24.0 Å². The summed E-state index contributed by atoms with van der Waals surface area (Å²) >= 11 is 6.52. The molecule has 110 valence electrons. The van der Waals surface area contributed by atoms with Crippen molar-refractivity contribution in [3.63, 3.8) is 0 Å². The fourth-order valence-electron chi connectivity index (χ4n) is 1.88. The van der Waals surface area contributed by atoms with E-state index in [9.17, 15) is 9.59 Å². The van der Waals surface area contributed by atoms with Crippen LogP contribution in [-0.4, -0.2) is 34.8 Å². The van der Waals surface area contributed by atoms with Crippen LogP contribution in [0.1, 0.15) is 18.4 Å². The first-order valence-electron chi connectivity index (χ1n) is 6.49. The number of thioether (sulfide) groups is 1. The van der Waals surface area contributed by atoms with Crippen molar-refractivity contribution in [3.8, 4) is 0 Å². The first-order chi connectivity index (χ1) is 10.1. The largest absolute Gasteiger partial charge is 0.469 e. The van der Waals surface area contributed by atoms with Gasteiger partial charge in [0, 0.05) is 13.0 Å². The second-order valence-electron chi connectivity index (χ2n) is 4.42. The van der Waals surface area contributed by atoms with Gasteiger partial charge >= 0.3 is 5.97 Å². The summed E-state index contributed by atoms with van der Waals surface area (Å²) < 4.78 is 5.11. The molecule has 2 rings (SSSR count). The summed E-state index contributed by atoms with van der Waals surface area (Å²) in [6.07, 6.45) is 2.66. The zero-order valence-electron chi connectivity index (χ0n) is 11.6. The first kappa shape index (κ1) is 15.7. The van der Waals surface area contributed by atoms with Gasteiger partial charge in [0.25, 0.3) is 5.91 Å². The molecule has 21 heavy (non-hydrogen) atoms. The molecule has 0 bridgehead atoms. The van der Waals surface area contributed by atoms with Crippen molar-refractivity contribution in [3.05, 3.63) is 40.8 Å². The lowest BCUT2D eigenvalue weighted by Gasteiger charge is -2.13. The van der Waals surface area contributed by atoms with Crippen molar-refractivity contribution in [1.82, 2.24) is 4.90 Å². The van der Waals surface area contributed by atoms with Gasteiger partial charge in [0.05, 0.1) is 12.0 Å². The van der Waals surface area contributed by atoms with Crippen LogP contribution in [0.4, 0.5) is 0 Å². The third-order valence-corrected chi connectivity index (χ3v) is 4.34. The minimum atomic E-state index is -0.278. The summed E-state index contributed by atoms with van der Waals surface area (Å²) in [6, 6.07) is 9.63. The summed E-state index contributed by atoms with van der Waals surface area (Å²) in [5, 5.41) is 0. The van der Waals surface area contributed by atoms with E-state index in [2.05, 4.69) is 4.74 Å². The molecule has 0 atom stereocenters. The first-order valence-corrected chi connectivity index (χ1v) is 7.71. The number of amides is 1. The van der Waals surface area contributed by atoms with Crippen LogP contribution in [0.25, 0.3) is 6.08 Å². The molecule has 0 saturated carbocycles. The molecule has 0 aliphatic carbocycles. The van der Waals surface area contributed by atoms with Crippen molar-refractivity contribution < 1.29 is 14.3 Å². The molecule has 0 spiro atoms. The molecule has 0 unspecified atom stereocenters. The maximum absolute atomic E-state index is 12.3. The zero-order valence-corrected chi connectivity index (χ0v) is 13.2. The van der Waals surface area contributed by atoms with Crippen molar-refractivity contribution >= 4 is 46.3 Å². The molecule has 1 amide bonds. The van der Waals surface area contributed by atoms with E-state index >= 15 is 0 Å². The molecule has 0 N–H and O–H groups in total. The number of thiocarbonyl (C=S) groups is 1. The SMILES string of the molecule is COC(=O)CCCN1C(=O)/C(=C/c2ccccc2)SC1=S. The van der Waals surface area contributed by atoms with E-state index in [0.717, 1.165) is 5.56 Å². The van der Waals surface area contributed by atoms with Crippen molar-refractivity contribution in [2.45, 2.75) is 12.8 Å². The lowest BCUT2D eigenvalue weighted by molar-refractivity contribution is -0.141. The molecule has 1 heterocycles. The van der Waals surface area contributed by atoms with Gasteiger partial charge in [-0.25, -0.2) is 0 Å². The Hall–Kier alpha value is -1.66. The van der Waals surface area contributed by atoms with E-state index in [4.69, 9.17) is 12.2 Å². The number of ether oxygens (including phenoxy) is 1. The van der Waals surface area contributed by atoms with E-state index in [1.165, 1.54) is 23.8 Å². The van der Waals surface area contributed by atoms with E-state index in [-0.39, 0.29) is 18.3 Å². The number of nitrogens with zero attached hydrogens (tertiary/aromatic N) is 1. The van der Waals surface area contributed by atoms with Crippen LogP contribution in [-0.2, 0) is 14.3 Å². The van der Waals surface area contributed by atoms with Crippen LogP contribution in [0.2, 0.25) is 0 Å². The van der Waals surface area contributed by atoms with E-state index in [1.807, 2.05) is 36.4 Å². The van der Waals surface area contributed by atoms with E-state index in [0.29, 0.717) is 22.2 Å². The van der Waals surface area contributed by atoms with E-state index in [1.54, 1.807) is 0 Å². The molecule has 1 aliphatic rings. The average molecular weight is 321 g/mol. The Morgan fingerprint density at radius 1 is 1.38 bits per heavy atom. The highest BCUT2D eigenvalue weighted by Gasteiger charge is 2.31. The number of benzene rings is 1. The number of carbonyl (C=O) groups is 2. The van der Waals surface area contributed by atoms with Crippen molar-refractivity contribution in [2.75, 3.05) is 13.7 Å². The second-order valence-corrected chi connectivity index (χ2v) is 6.10. The van der Waals surface area contributed by atoms with Crippen LogP contribution in [0.15, 0.2) is 35.2 Å². The molecule has 1 aromatic carbocycles. The number of methoxy groups -OCH3 is 1. The van der Waals surface area contributed by atoms with Crippen molar-refractivity contribution in [2.24, 2.45) is 0 Å². The van der Waals surface area contributed by atoms with Crippen LogP contribution in [0.5, 0.6) is 0 Å². The Morgan fingerprint density at radius 3 is 2.76 bits per heavy atom. The van der Waals surface area contributed by atoms with E-state index < -0.39 is 0 Å². The fourth-order valence-corrected chi connectivity index (χ4v) is 3.19. The van der Waals surface area contributed by atoms with Gasteiger partial charge in [-0.2, -0.15) is 0 Å². The molecule has 1 saturated heterocycles. The molecule has 1 aromatic rings. The Kier molecular flexibility index (Phi) is 5.52. The molecule has 1 aliphatic heterocycles. The summed E-state index contributed by atoms with van der Waals surface area (Å²) in [5.74, 6) is -0.376. The number of esters is 1. The molecule has 0 radical (unpaired) electrons. The van der Waals surface area contributed by atoms with Crippen molar-refractivity contribution in [1.29, 1.82) is 0 Å². The minimum absolute atomic E-state index is 0.0984. The fraction of sp³-hybridized carbons (Fsp3) is 0.267. The molecule has 4 nitrogen and oxygen atoms in total. The van der Waals surface area contributed by atoms with Gasteiger partial charge in [-0.05, 0) is 18.1 Å². The van der Waals surface area contributed by atoms with Gasteiger partial charge in [0.1, 0.15) is 4.32 Å².